The van der Waals surface area contributed by atoms with Crippen LogP contribution >= 0.6 is 11.6 Å². The first-order valence-electron chi connectivity index (χ1n) is 14.3. The Kier molecular flexibility index (Phi) is 8.07. The van der Waals surface area contributed by atoms with Crippen molar-refractivity contribution >= 4 is 40.7 Å². The molecule has 3 aliphatic rings. The Morgan fingerprint density at radius 2 is 1.88 bits per heavy atom. The van der Waals surface area contributed by atoms with Gasteiger partial charge in [-0.15, -0.1) is 0 Å². The van der Waals surface area contributed by atoms with E-state index in [-0.39, 0.29) is 30.9 Å². The summed E-state index contributed by atoms with van der Waals surface area (Å²) in [6.45, 7) is 8.41. The number of unbranched alkanes of at least 4 members (excludes halogenated alkanes) is 1. The topological polar surface area (TPSA) is 117 Å². The number of aliphatic hydroxyl groups is 1. The number of hydrogen-bond donors (Lipinski definition) is 3. The lowest BCUT2D eigenvalue weighted by atomic mass is 9.62. The second kappa shape index (κ2) is 11.3. The molecule has 9 nitrogen and oxygen atoms in total. The predicted molar refractivity (Wildman–Crippen MR) is 156 cm³/mol. The van der Waals surface area contributed by atoms with E-state index in [9.17, 15) is 19.5 Å². The van der Waals surface area contributed by atoms with Gasteiger partial charge in [-0.05, 0) is 81.8 Å². The van der Waals surface area contributed by atoms with Crippen LogP contribution in [0.4, 0.5) is 11.4 Å². The molecule has 6 atom stereocenters. The van der Waals surface area contributed by atoms with Crippen LogP contribution in [0.5, 0.6) is 5.75 Å². The van der Waals surface area contributed by atoms with Gasteiger partial charge in [0.05, 0.1) is 34.8 Å². The molecule has 2 aromatic rings. The number of halogens is 1. The van der Waals surface area contributed by atoms with Crippen molar-refractivity contribution < 1.29 is 29.0 Å². The number of rotatable bonds is 10. The minimum absolute atomic E-state index is 0.0228. The zero-order valence-corrected chi connectivity index (χ0v) is 24.7. The molecular weight excluding hydrogens is 546 g/mol. The van der Waals surface area contributed by atoms with Crippen molar-refractivity contribution in [1.82, 2.24) is 4.90 Å². The van der Waals surface area contributed by atoms with Gasteiger partial charge >= 0.3 is 0 Å². The van der Waals surface area contributed by atoms with E-state index in [4.69, 9.17) is 21.1 Å². The number of aryl methyl sites for hydroxylation is 1. The van der Waals surface area contributed by atoms with Gasteiger partial charge in [-0.2, -0.15) is 0 Å². The fraction of sp³-hybridized carbons (Fsp3) is 0.516. The quantitative estimate of drug-likeness (QED) is 0.357. The Morgan fingerprint density at radius 3 is 2.54 bits per heavy atom. The van der Waals surface area contributed by atoms with Gasteiger partial charge in [0.25, 0.3) is 0 Å². The van der Waals surface area contributed by atoms with Crippen LogP contribution < -0.4 is 15.4 Å². The average molecular weight is 584 g/mol. The molecule has 0 aliphatic carbocycles. The van der Waals surface area contributed by atoms with E-state index in [1.807, 2.05) is 33.8 Å². The molecule has 0 saturated carbocycles. The Morgan fingerprint density at radius 1 is 1.15 bits per heavy atom. The van der Waals surface area contributed by atoms with Gasteiger partial charge < -0.3 is 30.1 Å². The molecule has 10 heteroatoms. The molecule has 3 fully saturated rings. The summed E-state index contributed by atoms with van der Waals surface area (Å²) in [5.74, 6) is -2.01. The summed E-state index contributed by atoms with van der Waals surface area (Å²) in [7, 11) is 0. The van der Waals surface area contributed by atoms with E-state index in [0.29, 0.717) is 48.0 Å². The molecule has 2 aromatic carbocycles. The molecule has 0 radical (unpaired) electrons. The maximum Gasteiger partial charge on any atom is 0.250 e. The van der Waals surface area contributed by atoms with Gasteiger partial charge in [-0.3, -0.25) is 14.4 Å². The summed E-state index contributed by atoms with van der Waals surface area (Å²) in [5.41, 5.74) is -0.254. The third-order valence-corrected chi connectivity index (χ3v) is 9.37. The summed E-state index contributed by atoms with van der Waals surface area (Å²) >= 11 is 6.44. The van der Waals surface area contributed by atoms with Crippen molar-refractivity contribution in [3.8, 4) is 5.75 Å². The second-order valence-corrected chi connectivity index (χ2v) is 11.9. The first-order chi connectivity index (χ1) is 19.6. The summed E-state index contributed by atoms with van der Waals surface area (Å²) < 4.78 is 12.3. The van der Waals surface area contributed by atoms with Crippen molar-refractivity contribution in [3.63, 3.8) is 0 Å². The van der Waals surface area contributed by atoms with Crippen molar-refractivity contribution in [2.75, 3.05) is 30.4 Å². The molecule has 220 valence electrons. The van der Waals surface area contributed by atoms with E-state index in [1.54, 1.807) is 41.3 Å². The molecule has 1 spiro atoms. The first kappa shape index (κ1) is 29.4. The number of ether oxygens (including phenoxy) is 2. The standard InChI is InChI=1S/C31H38ClN3O6/c1-5-40-21-13-11-20(12-14-21)33-27(37)23-24-29(39)35(15-6-7-16-36)26(31(24)17-19(3)30(23,4)41-31)28(38)34-25-18(2)9-8-10-22(25)32/h8-14,19,23-24,26,36H,5-7,15-17H2,1-4H3,(H,33,37)(H,34,38)/t19?,23-,24+,26?,30+,31?/m1/s1. The minimum atomic E-state index is -1.18. The number of anilines is 2. The summed E-state index contributed by atoms with van der Waals surface area (Å²) in [6, 6.07) is 11.5. The number of nitrogens with zero attached hydrogens (tertiary/aromatic N) is 1. The van der Waals surface area contributed by atoms with Crippen LogP contribution in [0.3, 0.4) is 0 Å². The van der Waals surface area contributed by atoms with Crippen LogP contribution in [0.25, 0.3) is 0 Å². The molecule has 3 aliphatic heterocycles. The predicted octanol–water partition coefficient (Wildman–Crippen LogP) is 4.41. The number of aliphatic hydroxyl groups excluding tert-OH is 1. The number of para-hydroxylation sites is 1. The lowest BCUT2D eigenvalue weighted by Crippen LogP contribution is -2.54. The second-order valence-electron chi connectivity index (χ2n) is 11.5. The fourth-order valence-corrected chi connectivity index (χ4v) is 7.35. The summed E-state index contributed by atoms with van der Waals surface area (Å²) in [5, 5.41) is 15.7. The van der Waals surface area contributed by atoms with E-state index >= 15 is 0 Å². The molecule has 41 heavy (non-hydrogen) atoms. The average Bonchev–Trinajstić information content (AvgIpc) is 3.44. The van der Waals surface area contributed by atoms with E-state index in [2.05, 4.69) is 10.6 Å². The molecule has 3 heterocycles. The maximum atomic E-state index is 14.2. The van der Waals surface area contributed by atoms with Gasteiger partial charge in [0, 0.05) is 18.8 Å². The Bertz CT molecular complexity index is 1320. The Labute approximate surface area is 245 Å². The van der Waals surface area contributed by atoms with E-state index in [0.717, 1.165) is 5.56 Å². The number of carbonyl (C=O) groups excluding carboxylic acids is 3. The highest BCUT2D eigenvalue weighted by molar-refractivity contribution is 6.34. The van der Waals surface area contributed by atoms with Crippen LogP contribution in [0.1, 0.15) is 45.6 Å². The van der Waals surface area contributed by atoms with Crippen molar-refractivity contribution in [2.45, 2.75) is 64.2 Å². The summed E-state index contributed by atoms with van der Waals surface area (Å²) in [4.78, 5) is 43.8. The monoisotopic (exact) mass is 583 g/mol. The zero-order valence-electron chi connectivity index (χ0n) is 23.9. The molecular formula is C31H38ClN3O6. The molecule has 3 saturated heterocycles. The number of fused-ring (bicyclic) bond motifs is 1. The largest absolute Gasteiger partial charge is 0.494 e. The Balaban J connectivity index is 1.49. The molecule has 0 aromatic heterocycles. The summed E-state index contributed by atoms with van der Waals surface area (Å²) in [6.07, 6.45) is 1.45. The lowest BCUT2D eigenvalue weighted by molar-refractivity contribution is -0.144. The van der Waals surface area contributed by atoms with Gasteiger partial charge in [0.1, 0.15) is 17.4 Å². The number of amides is 3. The maximum absolute atomic E-state index is 14.2. The molecule has 2 bridgehead atoms. The number of carbonyl (C=O) groups is 3. The first-order valence-corrected chi connectivity index (χ1v) is 14.7. The van der Waals surface area contributed by atoms with Crippen molar-refractivity contribution in [2.24, 2.45) is 17.8 Å². The smallest absolute Gasteiger partial charge is 0.250 e. The van der Waals surface area contributed by atoms with E-state index < -0.39 is 35.0 Å². The van der Waals surface area contributed by atoms with Crippen LogP contribution in [0.15, 0.2) is 42.5 Å². The minimum Gasteiger partial charge on any atom is -0.494 e. The van der Waals surface area contributed by atoms with Crippen LogP contribution in [0.2, 0.25) is 5.02 Å². The number of benzene rings is 2. The highest BCUT2D eigenvalue weighted by Gasteiger charge is 2.79. The highest BCUT2D eigenvalue weighted by atomic mass is 35.5. The van der Waals surface area contributed by atoms with Gasteiger partial charge in [0.15, 0.2) is 0 Å². The van der Waals surface area contributed by atoms with Crippen molar-refractivity contribution in [3.05, 3.63) is 53.1 Å². The molecule has 3 unspecified atom stereocenters. The SMILES string of the molecule is CCOc1ccc(NC(=O)[C@H]2[C@H]3C(=O)N(CCCCO)C(C(=O)Nc4c(C)cccc4Cl)C34CC(C)[C@]2(C)O4)cc1. The number of nitrogens with one attached hydrogen (secondary N) is 2. The molecule has 5 rings (SSSR count). The van der Waals surface area contributed by atoms with Gasteiger partial charge in [-0.1, -0.05) is 30.7 Å². The number of hydrogen-bond acceptors (Lipinski definition) is 6. The Hall–Kier alpha value is -3.14. The molecule has 3 amide bonds. The third-order valence-electron chi connectivity index (χ3n) is 9.06. The van der Waals surface area contributed by atoms with Crippen LogP contribution in [0, 0.1) is 24.7 Å². The van der Waals surface area contributed by atoms with Gasteiger partial charge in [-0.25, -0.2) is 0 Å². The van der Waals surface area contributed by atoms with Crippen LogP contribution in [-0.4, -0.2) is 64.7 Å². The van der Waals surface area contributed by atoms with E-state index in [1.165, 1.54) is 0 Å². The van der Waals surface area contributed by atoms with Crippen molar-refractivity contribution in [1.29, 1.82) is 0 Å². The normalized spacial score (nSPS) is 29.9. The molecule has 3 N–H and O–H groups in total. The third kappa shape index (κ3) is 4.87. The zero-order chi connectivity index (χ0) is 29.5. The fourth-order valence-electron chi connectivity index (χ4n) is 7.08. The van der Waals surface area contributed by atoms with Crippen LogP contribution in [-0.2, 0) is 19.1 Å². The lowest BCUT2D eigenvalue weighted by Gasteiger charge is -2.36. The highest BCUT2D eigenvalue weighted by Crippen LogP contribution is 2.65. The number of likely N-dealkylation sites (tertiary alicyclic amines) is 1. The van der Waals surface area contributed by atoms with Gasteiger partial charge in [0.2, 0.25) is 17.7 Å².